The normalized spacial score (nSPS) is 20.1. The summed E-state index contributed by atoms with van der Waals surface area (Å²) in [6.07, 6.45) is 2.95. The van der Waals surface area contributed by atoms with E-state index in [0.29, 0.717) is 18.1 Å². The van der Waals surface area contributed by atoms with E-state index in [1.807, 2.05) is 18.2 Å². The first-order chi connectivity index (χ1) is 11.1. The lowest BCUT2D eigenvalue weighted by Gasteiger charge is -2.24. The molecule has 23 heavy (non-hydrogen) atoms. The molecule has 0 aliphatic carbocycles. The van der Waals surface area contributed by atoms with Crippen LogP contribution in [0.15, 0.2) is 59.5 Å². The molecule has 0 spiro atoms. The van der Waals surface area contributed by atoms with Gasteiger partial charge in [-0.15, -0.1) is 0 Å². The van der Waals surface area contributed by atoms with Crippen LogP contribution in [0.25, 0.3) is 0 Å². The molecule has 1 aliphatic heterocycles. The van der Waals surface area contributed by atoms with Crippen LogP contribution < -0.4 is 0 Å². The molecule has 0 aromatic heterocycles. The number of hydrogen-bond donors (Lipinski definition) is 0. The average Bonchev–Trinajstić information content (AvgIpc) is 2.82. The molecule has 0 N–H and O–H groups in total. The van der Waals surface area contributed by atoms with Gasteiger partial charge in [0.2, 0.25) is 10.0 Å². The number of nitrogens with zero attached hydrogens (tertiary/aromatic N) is 1. The summed E-state index contributed by atoms with van der Waals surface area (Å²) in [6.45, 7) is 1.09. The van der Waals surface area contributed by atoms with Crippen molar-refractivity contribution in [3.05, 3.63) is 65.2 Å². The van der Waals surface area contributed by atoms with Gasteiger partial charge in [-0.1, -0.05) is 54.4 Å². The van der Waals surface area contributed by atoms with Gasteiger partial charge in [-0.2, -0.15) is 4.31 Å². The van der Waals surface area contributed by atoms with Crippen molar-refractivity contribution in [3.8, 4) is 0 Å². The zero-order chi connectivity index (χ0) is 16.3. The van der Waals surface area contributed by atoms with Gasteiger partial charge >= 0.3 is 0 Å². The van der Waals surface area contributed by atoms with Crippen LogP contribution in [-0.4, -0.2) is 25.8 Å². The minimum atomic E-state index is -3.50. The van der Waals surface area contributed by atoms with Crippen LogP contribution in [0.2, 0.25) is 5.02 Å². The molecule has 1 saturated heterocycles. The van der Waals surface area contributed by atoms with Crippen molar-refractivity contribution in [2.45, 2.75) is 30.1 Å². The molecule has 0 radical (unpaired) electrons. The van der Waals surface area contributed by atoms with Crippen molar-refractivity contribution in [2.75, 3.05) is 13.1 Å². The molecule has 122 valence electrons. The van der Waals surface area contributed by atoms with Gasteiger partial charge in [-0.25, -0.2) is 8.42 Å². The summed E-state index contributed by atoms with van der Waals surface area (Å²) < 4.78 is 27.5. The highest BCUT2D eigenvalue weighted by Gasteiger charge is 2.29. The van der Waals surface area contributed by atoms with Gasteiger partial charge in [0.05, 0.1) is 4.90 Å². The summed E-state index contributed by atoms with van der Waals surface area (Å²) in [5.41, 5.74) is 1.21. The quantitative estimate of drug-likeness (QED) is 0.828. The van der Waals surface area contributed by atoms with Crippen molar-refractivity contribution < 1.29 is 8.42 Å². The van der Waals surface area contributed by atoms with E-state index >= 15 is 0 Å². The lowest BCUT2D eigenvalue weighted by molar-refractivity contribution is 0.406. The molecule has 2 aromatic carbocycles. The summed E-state index contributed by atoms with van der Waals surface area (Å²) in [5, 5.41) is 0.445. The fraction of sp³-hybridized carbons (Fsp3) is 0.333. The van der Waals surface area contributed by atoms with Gasteiger partial charge in [0.15, 0.2) is 0 Å². The molecule has 1 heterocycles. The maximum absolute atomic E-state index is 12.9. The Bertz CT molecular complexity index is 762. The molecular formula is C18H20ClNO2S. The first-order valence-electron chi connectivity index (χ1n) is 7.88. The third kappa shape index (κ3) is 3.77. The minimum Gasteiger partial charge on any atom is -0.207 e. The lowest BCUT2D eigenvalue weighted by atomic mass is 9.95. The number of sulfonamides is 1. The lowest BCUT2D eigenvalue weighted by Crippen LogP contribution is -2.34. The number of benzene rings is 2. The highest BCUT2D eigenvalue weighted by molar-refractivity contribution is 7.89. The van der Waals surface area contributed by atoms with Crippen LogP contribution in [0.5, 0.6) is 0 Å². The molecule has 5 heteroatoms. The maximum atomic E-state index is 12.9. The molecule has 1 unspecified atom stereocenters. The largest absolute Gasteiger partial charge is 0.243 e. The predicted molar refractivity (Wildman–Crippen MR) is 93.2 cm³/mol. The van der Waals surface area contributed by atoms with Crippen molar-refractivity contribution in [1.29, 1.82) is 0 Å². The van der Waals surface area contributed by atoms with Crippen LogP contribution in [0, 0.1) is 0 Å². The van der Waals surface area contributed by atoms with Crippen LogP contribution >= 0.6 is 11.6 Å². The summed E-state index contributed by atoms with van der Waals surface area (Å²) in [7, 11) is -3.50. The number of halogens is 1. The Morgan fingerprint density at radius 3 is 2.52 bits per heavy atom. The van der Waals surface area contributed by atoms with Gasteiger partial charge in [0.1, 0.15) is 0 Å². The van der Waals surface area contributed by atoms with Gasteiger partial charge < -0.3 is 0 Å². The molecule has 0 saturated carbocycles. The van der Waals surface area contributed by atoms with E-state index in [-0.39, 0.29) is 10.8 Å². The Balaban J connectivity index is 1.89. The summed E-state index contributed by atoms with van der Waals surface area (Å²) in [5.74, 6) is 0.243. The van der Waals surface area contributed by atoms with Gasteiger partial charge in [-0.3, -0.25) is 0 Å². The Morgan fingerprint density at radius 2 is 1.78 bits per heavy atom. The molecule has 0 bridgehead atoms. The summed E-state index contributed by atoms with van der Waals surface area (Å²) in [4.78, 5) is 0.277. The Kier molecular flexibility index (Phi) is 5.05. The van der Waals surface area contributed by atoms with Crippen molar-refractivity contribution in [3.63, 3.8) is 0 Å². The highest BCUT2D eigenvalue weighted by atomic mass is 35.5. The number of hydrogen-bond acceptors (Lipinski definition) is 2. The van der Waals surface area contributed by atoms with Gasteiger partial charge in [0, 0.05) is 18.1 Å². The second kappa shape index (κ2) is 7.04. The minimum absolute atomic E-state index is 0.243. The van der Waals surface area contributed by atoms with Crippen molar-refractivity contribution in [2.24, 2.45) is 0 Å². The molecule has 1 atom stereocenters. The zero-order valence-corrected chi connectivity index (χ0v) is 14.4. The maximum Gasteiger partial charge on any atom is 0.243 e. The fourth-order valence-electron chi connectivity index (χ4n) is 3.10. The molecule has 3 nitrogen and oxygen atoms in total. The van der Waals surface area contributed by atoms with Crippen LogP contribution in [-0.2, 0) is 10.0 Å². The van der Waals surface area contributed by atoms with Gasteiger partial charge in [-0.05, 0) is 42.5 Å². The first-order valence-corrected chi connectivity index (χ1v) is 9.70. The topological polar surface area (TPSA) is 37.4 Å². The molecule has 1 aliphatic rings. The fourth-order valence-corrected chi connectivity index (χ4v) is 4.92. The molecule has 0 amide bonds. The smallest absolute Gasteiger partial charge is 0.207 e. The third-order valence-corrected chi connectivity index (χ3v) is 6.44. The summed E-state index contributed by atoms with van der Waals surface area (Å²) in [6, 6.07) is 16.7. The highest BCUT2D eigenvalue weighted by Crippen LogP contribution is 2.30. The SMILES string of the molecule is O=S(=O)(c1cccc(Cl)c1)N1CCCCC(c2ccccc2)C1. The zero-order valence-electron chi connectivity index (χ0n) is 12.9. The second-order valence-corrected chi connectivity index (χ2v) is 8.30. The van der Waals surface area contributed by atoms with Crippen LogP contribution in [0.3, 0.4) is 0 Å². The van der Waals surface area contributed by atoms with E-state index < -0.39 is 10.0 Å². The van der Waals surface area contributed by atoms with Crippen molar-refractivity contribution >= 4 is 21.6 Å². The third-order valence-electron chi connectivity index (χ3n) is 4.34. The molecule has 3 rings (SSSR count). The molecule has 2 aromatic rings. The van der Waals surface area contributed by atoms with Crippen molar-refractivity contribution in [1.82, 2.24) is 4.31 Å². The van der Waals surface area contributed by atoms with Crippen LogP contribution in [0.4, 0.5) is 0 Å². The predicted octanol–water partition coefficient (Wildman–Crippen LogP) is 4.30. The van der Waals surface area contributed by atoms with Crippen LogP contribution in [0.1, 0.15) is 30.7 Å². The van der Waals surface area contributed by atoms with E-state index in [0.717, 1.165) is 19.3 Å². The summed E-state index contributed by atoms with van der Waals surface area (Å²) >= 11 is 5.96. The molecular weight excluding hydrogens is 330 g/mol. The first kappa shape index (κ1) is 16.5. The van der Waals surface area contributed by atoms with E-state index in [1.165, 1.54) is 11.6 Å². The van der Waals surface area contributed by atoms with E-state index in [4.69, 9.17) is 11.6 Å². The Hall–Kier alpha value is -1.36. The Labute approximate surface area is 142 Å². The standard InChI is InChI=1S/C18H20ClNO2S/c19-17-10-6-11-18(13-17)23(21,22)20-12-5-4-9-16(14-20)15-7-2-1-3-8-15/h1-3,6-8,10-11,13,16H,4-5,9,12,14H2. The average molecular weight is 350 g/mol. The second-order valence-electron chi connectivity index (χ2n) is 5.92. The van der Waals surface area contributed by atoms with Gasteiger partial charge in [0.25, 0.3) is 0 Å². The van der Waals surface area contributed by atoms with E-state index in [1.54, 1.807) is 22.5 Å². The molecule has 1 fully saturated rings. The van der Waals surface area contributed by atoms with E-state index in [9.17, 15) is 8.42 Å². The monoisotopic (exact) mass is 349 g/mol. The van der Waals surface area contributed by atoms with E-state index in [2.05, 4.69) is 12.1 Å². The Morgan fingerprint density at radius 1 is 1.00 bits per heavy atom. The number of rotatable bonds is 3.